The highest BCUT2D eigenvalue weighted by atomic mass is 127. The minimum absolute atomic E-state index is 0. The number of hydrogen-bond acceptors (Lipinski definition) is 2. The molecule has 1 N–H and O–H groups in total. The second-order valence-corrected chi connectivity index (χ2v) is 5.42. The average Bonchev–Trinajstić information content (AvgIpc) is 2.62. The number of hydrogen-bond donors (Lipinski definition) is 1. The summed E-state index contributed by atoms with van der Waals surface area (Å²) in [5.41, 5.74) is 5.77. The van der Waals surface area contributed by atoms with E-state index < -0.39 is 0 Å². The smallest absolute Gasteiger partial charge is 0.0707 e. The Morgan fingerprint density at radius 1 is 0.917 bits per heavy atom. The quantitative estimate of drug-likeness (QED) is 0.519. The molecule has 0 saturated heterocycles. The third-order valence-electron chi connectivity index (χ3n) is 3.97. The van der Waals surface area contributed by atoms with Crippen LogP contribution in [0, 0.1) is 0 Å². The molecular weight excluding hydrogens is 407 g/mol. The number of pyridine rings is 1. The van der Waals surface area contributed by atoms with Gasteiger partial charge in [0.1, 0.15) is 0 Å². The van der Waals surface area contributed by atoms with Crippen LogP contribution in [0.15, 0.2) is 85.2 Å². The molecule has 3 aromatic rings. The van der Waals surface area contributed by atoms with Gasteiger partial charge in [0.2, 0.25) is 0 Å². The number of nitrogens with one attached hydrogen (secondary N) is 1. The van der Waals surface area contributed by atoms with Gasteiger partial charge in [0.15, 0.2) is 0 Å². The molecule has 0 unspecified atom stereocenters. The molecule has 0 radical (unpaired) electrons. The monoisotopic (exact) mass is 424 g/mol. The average molecular weight is 424 g/mol. The van der Waals surface area contributed by atoms with E-state index in [1.54, 1.807) is 0 Å². The molecule has 118 valence electrons. The molecular formula is C21H17IN2. The molecule has 0 amide bonds. The molecule has 1 aliphatic heterocycles. The minimum atomic E-state index is 0. The second kappa shape index (κ2) is 7.45. The van der Waals surface area contributed by atoms with Crippen molar-refractivity contribution in [1.82, 2.24) is 4.98 Å². The molecule has 0 saturated carbocycles. The molecule has 0 spiro atoms. The molecule has 2 heterocycles. The number of benzene rings is 2. The van der Waals surface area contributed by atoms with E-state index in [1.807, 2.05) is 42.7 Å². The third kappa shape index (κ3) is 3.26. The van der Waals surface area contributed by atoms with Gasteiger partial charge in [-0.25, -0.2) is 0 Å². The molecule has 0 atom stereocenters. The van der Waals surface area contributed by atoms with Gasteiger partial charge in [-0.15, -0.1) is 24.0 Å². The van der Waals surface area contributed by atoms with Crippen molar-refractivity contribution < 1.29 is 0 Å². The van der Waals surface area contributed by atoms with Crippen molar-refractivity contribution in [2.24, 2.45) is 0 Å². The van der Waals surface area contributed by atoms with Gasteiger partial charge in [-0.05, 0) is 35.4 Å². The molecule has 4 rings (SSSR count). The largest absolute Gasteiger partial charge is 0.361 e. The van der Waals surface area contributed by atoms with Crippen LogP contribution >= 0.6 is 24.0 Å². The lowest BCUT2D eigenvalue weighted by Crippen LogP contribution is -1.98. The van der Waals surface area contributed by atoms with E-state index in [0.717, 1.165) is 11.2 Å². The lowest BCUT2D eigenvalue weighted by atomic mass is 10.0. The van der Waals surface area contributed by atoms with Crippen LogP contribution in [0.3, 0.4) is 0 Å². The number of fused-ring (bicyclic) bond motifs is 2. The molecule has 0 aliphatic carbocycles. The van der Waals surface area contributed by atoms with E-state index in [4.69, 9.17) is 0 Å². The fourth-order valence-electron chi connectivity index (χ4n) is 2.84. The summed E-state index contributed by atoms with van der Waals surface area (Å²) >= 11 is 0. The molecule has 24 heavy (non-hydrogen) atoms. The number of halogens is 1. The lowest BCUT2D eigenvalue weighted by molar-refractivity contribution is 1.41. The summed E-state index contributed by atoms with van der Waals surface area (Å²) in [6, 6.07) is 18.6. The van der Waals surface area contributed by atoms with Gasteiger partial charge in [-0.3, -0.25) is 4.98 Å². The normalized spacial score (nSPS) is 14.4. The highest BCUT2D eigenvalue weighted by Crippen LogP contribution is 2.28. The maximum absolute atomic E-state index is 4.40. The molecule has 0 bridgehead atoms. The van der Waals surface area contributed by atoms with Crippen molar-refractivity contribution in [2.75, 3.05) is 5.32 Å². The van der Waals surface area contributed by atoms with Crippen LogP contribution in [0.5, 0.6) is 0 Å². The van der Waals surface area contributed by atoms with Gasteiger partial charge in [0, 0.05) is 29.0 Å². The number of rotatable bonds is 2. The first-order chi connectivity index (χ1) is 11.4. The van der Waals surface area contributed by atoms with Crippen LogP contribution in [0.25, 0.3) is 22.6 Å². The molecule has 2 aromatic carbocycles. The van der Waals surface area contributed by atoms with Crippen molar-refractivity contribution in [3.63, 3.8) is 0 Å². The summed E-state index contributed by atoms with van der Waals surface area (Å²) < 4.78 is 0. The van der Waals surface area contributed by atoms with Gasteiger partial charge >= 0.3 is 0 Å². The SMILES string of the molecule is C(=Cc1ccnc2ccccc12)C=C1C=CNc2ccccc21.I. The number of allylic oxidation sites excluding steroid dienone is 4. The van der Waals surface area contributed by atoms with Crippen molar-refractivity contribution in [2.45, 2.75) is 0 Å². The molecule has 2 nitrogen and oxygen atoms in total. The van der Waals surface area contributed by atoms with Crippen LogP contribution in [-0.4, -0.2) is 4.98 Å². The van der Waals surface area contributed by atoms with E-state index in [2.05, 4.69) is 58.9 Å². The Labute approximate surface area is 158 Å². The van der Waals surface area contributed by atoms with Crippen LogP contribution in [0.4, 0.5) is 5.69 Å². The Kier molecular flexibility index (Phi) is 5.11. The summed E-state index contributed by atoms with van der Waals surface area (Å²) in [5, 5.41) is 4.44. The first-order valence-corrected chi connectivity index (χ1v) is 7.66. The first kappa shape index (κ1) is 16.5. The highest BCUT2D eigenvalue weighted by Gasteiger charge is 2.06. The van der Waals surface area contributed by atoms with Crippen molar-refractivity contribution >= 4 is 52.2 Å². The standard InChI is InChI=1S/C21H16N2.HI/c1-3-10-20-18(8-1)16(12-14-22-20)6-5-7-17-13-15-23-21-11-4-2-9-19(17)21;/h1-15,22H;1H. The van der Waals surface area contributed by atoms with Crippen molar-refractivity contribution in [3.8, 4) is 0 Å². The van der Waals surface area contributed by atoms with Gasteiger partial charge in [0.05, 0.1) is 5.52 Å². The van der Waals surface area contributed by atoms with E-state index in [9.17, 15) is 0 Å². The van der Waals surface area contributed by atoms with Crippen molar-refractivity contribution in [3.05, 3.63) is 96.3 Å². The fourth-order valence-corrected chi connectivity index (χ4v) is 2.84. The van der Waals surface area contributed by atoms with Crippen LogP contribution in [-0.2, 0) is 0 Å². The van der Waals surface area contributed by atoms with E-state index in [1.165, 1.54) is 22.1 Å². The third-order valence-corrected chi connectivity index (χ3v) is 3.97. The Morgan fingerprint density at radius 2 is 1.75 bits per heavy atom. The predicted molar refractivity (Wildman–Crippen MR) is 113 cm³/mol. The lowest BCUT2D eigenvalue weighted by Gasteiger charge is -2.14. The Bertz CT molecular complexity index is 949. The van der Waals surface area contributed by atoms with Gasteiger partial charge in [0.25, 0.3) is 0 Å². The van der Waals surface area contributed by atoms with E-state index in [0.29, 0.717) is 0 Å². The molecule has 3 heteroatoms. The number of para-hydroxylation sites is 2. The van der Waals surface area contributed by atoms with Crippen LogP contribution < -0.4 is 5.32 Å². The molecule has 0 fully saturated rings. The summed E-state index contributed by atoms with van der Waals surface area (Å²) in [6.07, 6.45) is 12.3. The topological polar surface area (TPSA) is 24.9 Å². The summed E-state index contributed by atoms with van der Waals surface area (Å²) in [7, 11) is 0. The Balaban J connectivity index is 0.00000169. The van der Waals surface area contributed by atoms with E-state index >= 15 is 0 Å². The zero-order valence-corrected chi connectivity index (χ0v) is 15.3. The van der Waals surface area contributed by atoms with E-state index in [-0.39, 0.29) is 24.0 Å². The van der Waals surface area contributed by atoms with Gasteiger partial charge in [-0.1, -0.05) is 54.6 Å². The predicted octanol–water partition coefficient (Wildman–Crippen LogP) is 5.89. The summed E-state index contributed by atoms with van der Waals surface area (Å²) in [4.78, 5) is 4.40. The summed E-state index contributed by atoms with van der Waals surface area (Å²) in [5.74, 6) is 0. The molecule has 1 aliphatic rings. The van der Waals surface area contributed by atoms with Crippen LogP contribution in [0.1, 0.15) is 11.1 Å². The summed E-state index contributed by atoms with van der Waals surface area (Å²) in [6.45, 7) is 0. The fraction of sp³-hybridized carbons (Fsp3) is 0. The molecule has 1 aromatic heterocycles. The zero-order chi connectivity index (χ0) is 15.5. The Hall–Kier alpha value is -2.40. The Morgan fingerprint density at radius 3 is 2.71 bits per heavy atom. The number of nitrogens with zero attached hydrogens (tertiary/aromatic N) is 1. The minimum Gasteiger partial charge on any atom is -0.361 e. The maximum atomic E-state index is 4.40. The van der Waals surface area contributed by atoms with Crippen molar-refractivity contribution in [1.29, 1.82) is 0 Å². The van der Waals surface area contributed by atoms with Gasteiger partial charge in [-0.2, -0.15) is 0 Å². The zero-order valence-electron chi connectivity index (χ0n) is 13.0. The number of aromatic nitrogens is 1. The van der Waals surface area contributed by atoms with Gasteiger partial charge < -0.3 is 5.32 Å². The maximum Gasteiger partial charge on any atom is 0.0707 e. The first-order valence-electron chi connectivity index (χ1n) is 7.66. The van der Waals surface area contributed by atoms with Crippen LogP contribution in [0.2, 0.25) is 0 Å². The second-order valence-electron chi connectivity index (χ2n) is 5.42. The highest BCUT2D eigenvalue weighted by molar-refractivity contribution is 14.0. The number of anilines is 1.